The number of carbonyl (C=O) groups excluding carboxylic acids is 1. The lowest BCUT2D eigenvalue weighted by Crippen LogP contribution is -2.30. The molecule has 0 saturated carbocycles. The van der Waals surface area contributed by atoms with E-state index in [1.165, 1.54) is 4.68 Å². The molecule has 1 amide bonds. The minimum absolute atomic E-state index is 0.0452. The first-order valence-corrected chi connectivity index (χ1v) is 8.92. The summed E-state index contributed by atoms with van der Waals surface area (Å²) in [4.78, 5) is 26.2. The van der Waals surface area contributed by atoms with E-state index >= 15 is 0 Å². The summed E-state index contributed by atoms with van der Waals surface area (Å²) in [5, 5.41) is 19.1. The number of nitro groups is 1. The molecular formula is C19H23N5O4. The zero-order valence-electron chi connectivity index (χ0n) is 16.3. The Bertz CT molecular complexity index is 1050. The van der Waals surface area contributed by atoms with Crippen molar-refractivity contribution in [2.24, 2.45) is 0 Å². The predicted octanol–water partition coefficient (Wildman–Crippen LogP) is 2.57. The van der Waals surface area contributed by atoms with Crippen LogP contribution < -0.4 is 10.1 Å². The van der Waals surface area contributed by atoms with E-state index in [9.17, 15) is 14.9 Å². The number of methoxy groups -OCH3 is 1. The van der Waals surface area contributed by atoms with E-state index in [-0.39, 0.29) is 18.1 Å². The summed E-state index contributed by atoms with van der Waals surface area (Å²) in [6.45, 7) is 5.55. The van der Waals surface area contributed by atoms with E-state index < -0.39 is 4.92 Å². The molecule has 2 N–H and O–H groups in total. The summed E-state index contributed by atoms with van der Waals surface area (Å²) in [7, 11) is 1.63. The molecule has 0 aliphatic rings. The minimum Gasteiger partial charge on any atom is -0.497 e. The number of nitrogens with one attached hydrogen (secondary N) is 2. The van der Waals surface area contributed by atoms with Crippen molar-refractivity contribution < 1.29 is 14.5 Å². The maximum atomic E-state index is 12.3. The van der Waals surface area contributed by atoms with Gasteiger partial charge in [0.25, 0.3) is 0 Å². The number of amides is 1. The Kier molecular flexibility index (Phi) is 5.34. The van der Waals surface area contributed by atoms with Crippen LogP contribution in [0.2, 0.25) is 0 Å². The number of fused-ring (bicyclic) bond motifs is 1. The normalized spacial score (nSPS) is 11.0. The lowest BCUT2D eigenvalue weighted by atomic mass is 10.1. The number of nitrogens with zero attached hydrogens (tertiary/aromatic N) is 3. The molecule has 9 heteroatoms. The number of aryl methyl sites for hydroxylation is 2. The minimum atomic E-state index is -0.472. The average Bonchev–Trinajstić information content (AvgIpc) is 3.10. The Morgan fingerprint density at radius 1 is 1.36 bits per heavy atom. The van der Waals surface area contributed by atoms with E-state index in [1.807, 2.05) is 25.1 Å². The third-order valence-corrected chi connectivity index (χ3v) is 4.84. The maximum Gasteiger partial charge on any atom is 0.312 e. The Labute approximate surface area is 161 Å². The van der Waals surface area contributed by atoms with Crippen molar-refractivity contribution >= 4 is 22.5 Å². The first-order chi connectivity index (χ1) is 13.3. The van der Waals surface area contributed by atoms with E-state index in [0.29, 0.717) is 24.4 Å². The molecule has 3 aromatic rings. The highest BCUT2D eigenvalue weighted by molar-refractivity contribution is 5.86. The molecule has 148 valence electrons. The van der Waals surface area contributed by atoms with Crippen molar-refractivity contribution in [3.63, 3.8) is 0 Å². The van der Waals surface area contributed by atoms with Gasteiger partial charge in [-0.05, 0) is 51.0 Å². The molecule has 0 saturated heterocycles. The molecule has 0 aliphatic carbocycles. The van der Waals surface area contributed by atoms with Gasteiger partial charge in [0, 0.05) is 23.1 Å². The number of H-pyrrole nitrogens is 1. The van der Waals surface area contributed by atoms with Crippen molar-refractivity contribution in [1.29, 1.82) is 0 Å². The van der Waals surface area contributed by atoms with Crippen LogP contribution in [-0.4, -0.2) is 39.2 Å². The Morgan fingerprint density at radius 3 is 2.75 bits per heavy atom. The monoisotopic (exact) mass is 385 g/mol. The number of benzene rings is 1. The van der Waals surface area contributed by atoms with E-state index in [0.717, 1.165) is 27.9 Å². The summed E-state index contributed by atoms with van der Waals surface area (Å²) in [6, 6.07) is 5.85. The Morgan fingerprint density at radius 2 is 2.11 bits per heavy atom. The summed E-state index contributed by atoms with van der Waals surface area (Å²) < 4.78 is 6.66. The van der Waals surface area contributed by atoms with Gasteiger partial charge in [0.05, 0.1) is 12.0 Å². The van der Waals surface area contributed by atoms with Gasteiger partial charge in [0.2, 0.25) is 5.91 Å². The lowest BCUT2D eigenvalue weighted by Gasteiger charge is -2.07. The summed E-state index contributed by atoms with van der Waals surface area (Å²) in [5.74, 6) is 0.540. The second kappa shape index (κ2) is 7.71. The number of hydrogen-bond acceptors (Lipinski definition) is 5. The summed E-state index contributed by atoms with van der Waals surface area (Å²) >= 11 is 0. The van der Waals surface area contributed by atoms with Gasteiger partial charge in [0.1, 0.15) is 23.7 Å². The van der Waals surface area contributed by atoms with Crippen molar-refractivity contribution in [2.75, 3.05) is 13.7 Å². The lowest BCUT2D eigenvalue weighted by molar-refractivity contribution is -0.386. The third kappa shape index (κ3) is 3.68. The second-order valence-electron chi connectivity index (χ2n) is 6.67. The van der Waals surface area contributed by atoms with Crippen LogP contribution in [0, 0.1) is 30.9 Å². The standard InChI is InChI=1S/C19H23N5O4/c1-11-15(16-9-14(28-4)5-6-17(16)21-11)7-8-20-18(25)10-23-13(3)19(24(26)27)12(2)22-23/h5-6,9,21H,7-8,10H2,1-4H3,(H,20,25). The smallest absolute Gasteiger partial charge is 0.312 e. The molecule has 0 radical (unpaired) electrons. The number of aromatic nitrogens is 3. The highest BCUT2D eigenvalue weighted by atomic mass is 16.6. The van der Waals surface area contributed by atoms with Gasteiger partial charge >= 0.3 is 5.69 Å². The van der Waals surface area contributed by atoms with Crippen LogP contribution in [0.15, 0.2) is 18.2 Å². The summed E-state index contributed by atoms with van der Waals surface area (Å²) in [6.07, 6.45) is 0.655. The van der Waals surface area contributed by atoms with Gasteiger partial charge in [-0.1, -0.05) is 0 Å². The van der Waals surface area contributed by atoms with Gasteiger partial charge < -0.3 is 15.0 Å². The highest BCUT2D eigenvalue weighted by Crippen LogP contribution is 2.26. The molecule has 0 unspecified atom stereocenters. The first kappa shape index (κ1) is 19.4. The Balaban J connectivity index is 1.65. The fourth-order valence-corrected chi connectivity index (χ4v) is 3.44. The maximum absolute atomic E-state index is 12.3. The SMILES string of the molecule is COc1ccc2[nH]c(C)c(CCNC(=O)Cn3nc(C)c([N+](=O)[O-])c3C)c2c1. The van der Waals surface area contributed by atoms with Crippen molar-refractivity contribution in [1.82, 2.24) is 20.1 Å². The third-order valence-electron chi connectivity index (χ3n) is 4.84. The van der Waals surface area contributed by atoms with Gasteiger partial charge in [-0.3, -0.25) is 19.6 Å². The number of aromatic amines is 1. The summed E-state index contributed by atoms with van der Waals surface area (Å²) in [5.41, 5.74) is 3.82. The van der Waals surface area contributed by atoms with Gasteiger partial charge in [-0.15, -0.1) is 0 Å². The van der Waals surface area contributed by atoms with Crippen LogP contribution in [0.25, 0.3) is 10.9 Å². The van der Waals surface area contributed by atoms with Gasteiger partial charge in [0.15, 0.2) is 0 Å². The Hall–Kier alpha value is -3.36. The van der Waals surface area contributed by atoms with Gasteiger partial charge in [-0.25, -0.2) is 0 Å². The highest BCUT2D eigenvalue weighted by Gasteiger charge is 2.22. The van der Waals surface area contributed by atoms with E-state index in [2.05, 4.69) is 15.4 Å². The van der Waals surface area contributed by atoms with Crippen molar-refractivity contribution in [2.45, 2.75) is 33.7 Å². The van der Waals surface area contributed by atoms with Crippen molar-refractivity contribution in [3.05, 3.63) is 51.0 Å². The molecule has 0 bridgehead atoms. The predicted molar refractivity (Wildman–Crippen MR) is 105 cm³/mol. The molecule has 0 spiro atoms. The van der Waals surface area contributed by atoms with Crippen LogP contribution in [0.3, 0.4) is 0 Å². The van der Waals surface area contributed by atoms with Crippen LogP contribution >= 0.6 is 0 Å². The van der Waals surface area contributed by atoms with E-state index in [4.69, 9.17) is 4.74 Å². The largest absolute Gasteiger partial charge is 0.497 e. The number of carbonyl (C=O) groups is 1. The van der Waals surface area contributed by atoms with Crippen LogP contribution in [-0.2, 0) is 17.8 Å². The number of rotatable bonds is 7. The molecule has 9 nitrogen and oxygen atoms in total. The average molecular weight is 385 g/mol. The second-order valence-corrected chi connectivity index (χ2v) is 6.67. The molecule has 1 aromatic carbocycles. The first-order valence-electron chi connectivity index (χ1n) is 8.92. The molecule has 28 heavy (non-hydrogen) atoms. The fourth-order valence-electron chi connectivity index (χ4n) is 3.44. The van der Waals surface area contributed by atoms with Crippen LogP contribution in [0.1, 0.15) is 22.6 Å². The molecular weight excluding hydrogens is 362 g/mol. The van der Waals surface area contributed by atoms with Crippen molar-refractivity contribution in [3.8, 4) is 5.75 Å². The van der Waals surface area contributed by atoms with Crippen LogP contribution in [0.5, 0.6) is 5.75 Å². The zero-order valence-corrected chi connectivity index (χ0v) is 16.3. The molecule has 2 aromatic heterocycles. The number of hydrogen-bond donors (Lipinski definition) is 2. The topological polar surface area (TPSA) is 115 Å². The number of ether oxygens (including phenoxy) is 1. The zero-order chi connectivity index (χ0) is 20.4. The van der Waals surface area contributed by atoms with Gasteiger partial charge in [-0.2, -0.15) is 5.10 Å². The molecule has 0 aliphatic heterocycles. The fraction of sp³-hybridized carbons (Fsp3) is 0.368. The van der Waals surface area contributed by atoms with Crippen LogP contribution in [0.4, 0.5) is 5.69 Å². The molecule has 2 heterocycles. The molecule has 0 fully saturated rings. The molecule has 0 atom stereocenters. The quantitative estimate of drug-likeness (QED) is 0.479. The molecule has 3 rings (SSSR count). The van der Waals surface area contributed by atoms with E-state index in [1.54, 1.807) is 21.0 Å².